The molecule has 2 rings (SSSR count). The summed E-state index contributed by atoms with van der Waals surface area (Å²) in [5.41, 5.74) is 2.14. The molecule has 2 aromatic carbocycles. The second-order valence-electron chi connectivity index (χ2n) is 5.13. The average molecular weight is 364 g/mol. The number of nitrogens with one attached hydrogen (secondary N) is 1. The van der Waals surface area contributed by atoms with Gasteiger partial charge >= 0.3 is 0 Å². The number of carbonyl (C=O) groups excluding carboxylic acids is 2. The van der Waals surface area contributed by atoms with Crippen molar-refractivity contribution in [3.8, 4) is 5.75 Å². The Labute approximate surface area is 150 Å². The van der Waals surface area contributed by atoms with E-state index >= 15 is 0 Å². The van der Waals surface area contributed by atoms with Gasteiger partial charge in [0.2, 0.25) is 5.91 Å². The molecule has 4 nitrogen and oxygen atoms in total. The van der Waals surface area contributed by atoms with Gasteiger partial charge in [-0.25, -0.2) is 0 Å². The largest absolute Gasteiger partial charge is 0.496 e. The van der Waals surface area contributed by atoms with Crippen molar-refractivity contribution in [2.45, 2.75) is 12.7 Å². The normalized spacial score (nSPS) is 10.3. The molecule has 24 heavy (non-hydrogen) atoms. The molecule has 0 aromatic heterocycles. The zero-order valence-electron chi connectivity index (χ0n) is 13.5. The second-order valence-corrected chi connectivity index (χ2v) is 6.56. The Bertz CT molecular complexity index is 749. The van der Waals surface area contributed by atoms with Crippen molar-refractivity contribution in [1.82, 2.24) is 0 Å². The van der Waals surface area contributed by atoms with E-state index in [9.17, 15) is 9.59 Å². The highest BCUT2D eigenvalue weighted by Crippen LogP contribution is 2.26. The van der Waals surface area contributed by atoms with Gasteiger partial charge in [0.25, 0.3) is 0 Å². The lowest BCUT2D eigenvalue weighted by molar-refractivity contribution is -0.113. The van der Waals surface area contributed by atoms with E-state index in [0.29, 0.717) is 27.8 Å². The molecule has 0 radical (unpaired) electrons. The van der Waals surface area contributed by atoms with Crippen LogP contribution in [0.15, 0.2) is 42.5 Å². The van der Waals surface area contributed by atoms with E-state index in [1.54, 1.807) is 37.4 Å². The molecule has 2 aromatic rings. The SMILES string of the molecule is COc1ccc(Cl)cc1CSCC(=O)Nc1cccc(C(C)=O)c1. The van der Waals surface area contributed by atoms with Gasteiger partial charge in [-0.1, -0.05) is 23.7 Å². The van der Waals surface area contributed by atoms with Crippen molar-refractivity contribution in [2.75, 3.05) is 18.2 Å². The van der Waals surface area contributed by atoms with E-state index in [1.165, 1.54) is 18.7 Å². The number of rotatable bonds is 7. The first-order chi connectivity index (χ1) is 11.5. The number of carbonyl (C=O) groups is 2. The Morgan fingerprint density at radius 3 is 2.71 bits per heavy atom. The molecule has 0 aliphatic rings. The van der Waals surface area contributed by atoms with E-state index in [4.69, 9.17) is 16.3 Å². The number of anilines is 1. The summed E-state index contributed by atoms with van der Waals surface area (Å²) in [5.74, 6) is 1.50. The lowest BCUT2D eigenvalue weighted by Crippen LogP contribution is -2.14. The van der Waals surface area contributed by atoms with Crippen LogP contribution in [0.1, 0.15) is 22.8 Å². The van der Waals surface area contributed by atoms with Crippen LogP contribution in [0.3, 0.4) is 0 Å². The second kappa shape index (κ2) is 8.76. The van der Waals surface area contributed by atoms with Crippen molar-refractivity contribution in [2.24, 2.45) is 0 Å². The predicted molar refractivity (Wildman–Crippen MR) is 99.2 cm³/mol. The fourth-order valence-electron chi connectivity index (χ4n) is 2.13. The monoisotopic (exact) mass is 363 g/mol. The summed E-state index contributed by atoms with van der Waals surface area (Å²) in [6, 6.07) is 12.3. The number of benzene rings is 2. The third-order valence-electron chi connectivity index (χ3n) is 3.29. The maximum atomic E-state index is 12.0. The van der Waals surface area contributed by atoms with Gasteiger partial charge in [0.1, 0.15) is 5.75 Å². The number of Topliss-reactive ketones (excluding diaryl/α,β-unsaturated/α-hetero) is 1. The molecule has 0 fully saturated rings. The number of hydrogen-bond acceptors (Lipinski definition) is 4. The number of amides is 1. The summed E-state index contributed by atoms with van der Waals surface area (Å²) >= 11 is 7.46. The van der Waals surface area contributed by atoms with E-state index in [0.717, 1.165) is 11.3 Å². The molecule has 1 N–H and O–H groups in total. The van der Waals surface area contributed by atoms with Crippen molar-refractivity contribution >= 4 is 40.7 Å². The zero-order chi connectivity index (χ0) is 17.5. The van der Waals surface area contributed by atoms with Crippen molar-refractivity contribution in [3.63, 3.8) is 0 Å². The molecular formula is C18H18ClNO3S. The fraction of sp³-hybridized carbons (Fsp3) is 0.222. The Hall–Kier alpha value is -1.98. The summed E-state index contributed by atoms with van der Waals surface area (Å²) in [7, 11) is 1.60. The van der Waals surface area contributed by atoms with E-state index in [-0.39, 0.29) is 11.7 Å². The van der Waals surface area contributed by atoms with Crippen molar-refractivity contribution < 1.29 is 14.3 Å². The number of ketones is 1. The van der Waals surface area contributed by atoms with Gasteiger partial charge in [0, 0.05) is 27.6 Å². The quantitative estimate of drug-likeness (QED) is 0.740. The van der Waals surface area contributed by atoms with Crippen molar-refractivity contribution in [3.05, 3.63) is 58.6 Å². The highest BCUT2D eigenvalue weighted by molar-refractivity contribution is 7.99. The first kappa shape index (κ1) is 18.4. The molecule has 1 amide bonds. The third-order valence-corrected chi connectivity index (χ3v) is 4.50. The Balaban J connectivity index is 1.89. The van der Waals surface area contributed by atoms with Crippen LogP contribution in [0.4, 0.5) is 5.69 Å². The summed E-state index contributed by atoms with van der Waals surface area (Å²) in [5, 5.41) is 3.43. The van der Waals surface area contributed by atoms with Gasteiger partial charge < -0.3 is 10.1 Å². The molecule has 0 spiro atoms. The molecule has 0 saturated heterocycles. The Morgan fingerprint density at radius 2 is 2.00 bits per heavy atom. The maximum Gasteiger partial charge on any atom is 0.234 e. The average Bonchev–Trinajstić information content (AvgIpc) is 2.55. The third kappa shape index (κ3) is 5.28. The Kier molecular flexibility index (Phi) is 6.70. The lowest BCUT2D eigenvalue weighted by Gasteiger charge is -2.09. The van der Waals surface area contributed by atoms with Crippen molar-refractivity contribution in [1.29, 1.82) is 0 Å². The number of ether oxygens (including phenoxy) is 1. The van der Waals surface area contributed by atoms with Crippen LogP contribution < -0.4 is 10.1 Å². The number of hydrogen-bond donors (Lipinski definition) is 1. The maximum absolute atomic E-state index is 12.0. The minimum Gasteiger partial charge on any atom is -0.496 e. The first-order valence-corrected chi connectivity index (χ1v) is 8.84. The van der Waals surface area contributed by atoms with Gasteiger partial charge in [-0.3, -0.25) is 9.59 Å². The van der Waals surface area contributed by atoms with E-state index in [2.05, 4.69) is 5.32 Å². The first-order valence-electron chi connectivity index (χ1n) is 7.30. The topological polar surface area (TPSA) is 55.4 Å². The highest BCUT2D eigenvalue weighted by atomic mass is 35.5. The number of methoxy groups -OCH3 is 1. The van der Waals surface area contributed by atoms with Crippen LogP contribution in [-0.2, 0) is 10.5 Å². The predicted octanol–water partition coefficient (Wildman–Crippen LogP) is 4.42. The van der Waals surface area contributed by atoms with Gasteiger partial charge in [-0.2, -0.15) is 0 Å². The molecule has 0 atom stereocenters. The minimum atomic E-state index is -0.123. The molecule has 126 valence electrons. The number of halogens is 1. The van der Waals surface area contributed by atoms with Gasteiger partial charge in [-0.05, 0) is 37.3 Å². The standard InChI is InChI=1S/C18H18ClNO3S/c1-12(21)13-4-3-5-16(9-13)20-18(22)11-24-10-14-8-15(19)6-7-17(14)23-2/h3-9H,10-11H2,1-2H3,(H,20,22). The number of thioether (sulfide) groups is 1. The molecule has 0 heterocycles. The van der Waals surface area contributed by atoms with Crippen LogP contribution in [0, 0.1) is 0 Å². The van der Waals surface area contributed by atoms with Gasteiger partial charge in [-0.15, -0.1) is 11.8 Å². The van der Waals surface area contributed by atoms with Crippen LogP contribution >= 0.6 is 23.4 Å². The highest BCUT2D eigenvalue weighted by Gasteiger charge is 2.08. The summed E-state index contributed by atoms with van der Waals surface area (Å²) in [6.07, 6.45) is 0. The van der Waals surface area contributed by atoms with Crippen LogP contribution in [-0.4, -0.2) is 24.6 Å². The van der Waals surface area contributed by atoms with Crippen LogP contribution in [0.5, 0.6) is 5.75 Å². The molecule has 0 unspecified atom stereocenters. The van der Waals surface area contributed by atoms with Crippen LogP contribution in [0.25, 0.3) is 0 Å². The molecule has 0 bridgehead atoms. The molecule has 0 saturated carbocycles. The van der Waals surface area contributed by atoms with Gasteiger partial charge in [0.05, 0.1) is 12.9 Å². The molecule has 0 aliphatic carbocycles. The smallest absolute Gasteiger partial charge is 0.234 e. The zero-order valence-corrected chi connectivity index (χ0v) is 15.0. The van der Waals surface area contributed by atoms with E-state index < -0.39 is 0 Å². The van der Waals surface area contributed by atoms with E-state index in [1.807, 2.05) is 12.1 Å². The molecular weight excluding hydrogens is 346 g/mol. The summed E-state index contributed by atoms with van der Waals surface area (Å²) < 4.78 is 5.28. The van der Waals surface area contributed by atoms with Crippen LogP contribution in [0.2, 0.25) is 5.02 Å². The van der Waals surface area contributed by atoms with Gasteiger partial charge in [0.15, 0.2) is 5.78 Å². The lowest BCUT2D eigenvalue weighted by atomic mass is 10.1. The Morgan fingerprint density at radius 1 is 1.21 bits per heavy atom. The summed E-state index contributed by atoms with van der Waals surface area (Å²) in [6.45, 7) is 1.50. The molecule has 0 aliphatic heterocycles. The summed E-state index contributed by atoms with van der Waals surface area (Å²) in [4.78, 5) is 23.4. The minimum absolute atomic E-state index is 0.0338. The fourth-order valence-corrected chi connectivity index (χ4v) is 3.13. The molecule has 6 heteroatoms.